The van der Waals surface area contributed by atoms with Gasteiger partial charge in [-0.3, -0.25) is 4.79 Å². The smallest absolute Gasteiger partial charge is 0.244 e. The van der Waals surface area contributed by atoms with E-state index in [9.17, 15) is 4.79 Å². The second kappa shape index (κ2) is 4.81. The number of amides is 1. The summed E-state index contributed by atoms with van der Waals surface area (Å²) < 4.78 is 0. The lowest BCUT2D eigenvalue weighted by Crippen LogP contribution is -2.62. The van der Waals surface area contributed by atoms with Gasteiger partial charge in [0.2, 0.25) is 5.91 Å². The molecule has 0 atom stereocenters. The maximum Gasteiger partial charge on any atom is 0.244 e. The van der Waals surface area contributed by atoms with Crippen LogP contribution in [0.5, 0.6) is 0 Å². The van der Waals surface area contributed by atoms with E-state index in [4.69, 9.17) is 0 Å². The van der Waals surface area contributed by atoms with Gasteiger partial charge in [-0.15, -0.1) is 0 Å². The van der Waals surface area contributed by atoms with E-state index < -0.39 is 0 Å². The van der Waals surface area contributed by atoms with Crippen molar-refractivity contribution >= 4 is 5.91 Å². The van der Waals surface area contributed by atoms with Crippen molar-refractivity contribution in [2.45, 2.75) is 71.5 Å². The van der Waals surface area contributed by atoms with Crippen molar-refractivity contribution in [3.05, 3.63) is 11.6 Å². The number of piperidine rings is 1. The summed E-state index contributed by atoms with van der Waals surface area (Å²) in [5, 5.41) is 6.72. The van der Waals surface area contributed by atoms with E-state index in [-0.39, 0.29) is 23.0 Å². The van der Waals surface area contributed by atoms with E-state index in [1.807, 2.05) is 13.8 Å². The molecule has 98 valence electrons. The highest BCUT2D eigenvalue weighted by molar-refractivity contribution is 5.88. The molecule has 1 rings (SSSR count). The number of hydrogen-bond donors (Lipinski definition) is 2. The summed E-state index contributed by atoms with van der Waals surface area (Å²) in [6.45, 7) is 12.6. The van der Waals surface area contributed by atoms with E-state index in [0.29, 0.717) is 0 Å². The molecule has 1 heterocycles. The van der Waals surface area contributed by atoms with Crippen molar-refractivity contribution in [3.8, 4) is 0 Å². The van der Waals surface area contributed by atoms with Crippen molar-refractivity contribution in [1.82, 2.24) is 10.6 Å². The van der Waals surface area contributed by atoms with Crippen LogP contribution in [0.2, 0.25) is 0 Å². The molecule has 0 unspecified atom stereocenters. The van der Waals surface area contributed by atoms with Gasteiger partial charge in [0.25, 0.3) is 0 Å². The highest BCUT2D eigenvalue weighted by Gasteiger charge is 2.37. The van der Waals surface area contributed by atoms with Crippen LogP contribution in [0.3, 0.4) is 0 Å². The Bertz CT molecular complexity index is 309. The zero-order chi connectivity index (χ0) is 13.3. The number of carbonyl (C=O) groups is 1. The SMILES string of the molecule is CC(C)=CC(=O)NC1CC(C)(C)NC(C)(C)C1. The van der Waals surface area contributed by atoms with Crippen LogP contribution in [-0.4, -0.2) is 23.0 Å². The summed E-state index contributed by atoms with van der Waals surface area (Å²) in [7, 11) is 0. The minimum atomic E-state index is 0.0310. The Morgan fingerprint density at radius 2 is 1.65 bits per heavy atom. The lowest BCUT2D eigenvalue weighted by atomic mass is 9.79. The first kappa shape index (κ1) is 14.2. The van der Waals surface area contributed by atoms with Crippen LogP contribution in [0.4, 0.5) is 0 Å². The maximum atomic E-state index is 11.7. The molecule has 0 bridgehead atoms. The van der Waals surface area contributed by atoms with Gasteiger partial charge >= 0.3 is 0 Å². The van der Waals surface area contributed by atoms with Gasteiger partial charge in [-0.1, -0.05) is 5.57 Å². The van der Waals surface area contributed by atoms with E-state index in [1.165, 1.54) is 0 Å². The third-order valence-corrected chi connectivity index (χ3v) is 2.96. The zero-order valence-corrected chi connectivity index (χ0v) is 12.0. The molecule has 1 saturated heterocycles. The topological polar surface area (TPSA) is 41.1 Å². The molecular weight excluding hydrogens is 212 g/mol. The first-order valence-corrected chi connectivity index (χ1v) is 6.34. The molecule has 17 heavy (non-hydrogen) atoms. The van der Waals surface area contributed by atoms with Gasteiger partial charge in [-0.2, -0.15) is 0 Å². The summed E-state index contributed by atoms with van der Waals surface area (Å²) in [5.41, 5.74) is 1.19. The van der Waals surface area contributed by atoms with Crippen LogP contribution >= 0.6 is 0 Å². The monoisotopic (exact) mass is 238 g/mol. The predicted octanol–water partition coefficient (Wildman–Crippen LogP) is 2.38. The molecule has 1 aliphatic heterocycles. The second-order valence-corrected chi connectivity index (χ2v) is 6.73. The number of hydrogen-bond acceptors (Lipinski definition) is 2. The molecule has 1 aliphatic rings. The fourth-order valence-electron chi connectivity index (χ4n) is 2.93. The third-order valence-electron chi connectivity index (χ3n) is 2.96. The van der Waals surface area contributed by atoms with Gasteiger partial charge in [-0.25, -0.2) is 0 Å². The number of carbonyl (C=O) groups excluding carboxylic acids is 1. The van der Waals surface area contributed by atoms with E-state index in [2.05, 4.69) is 38.3 Å². The molecule has 0 aliphatic carbocycles. The highest BCUT2D eigenvalue weighted by Crippen LogP contribution is 2.28. The van der Waals surface area contributed by atoms with Crippen molar-refractivity contribution in [2.24, 2.45) is 0 Å². The summed E-state index contributed by atoms with van der Waals surface area (Å²) >= 11 is 0. The van der Waals surface area contributed by atoms with Gasteiger partial charge < -0.3 is 10.6 Å². The molecular formula is C14H26N2O. The van der Waals surface area contributed by atoms with Crippen molar-refractivity contribution in [2.75, 3.05) is 0 Å². The maximum absolute atomic E-state index is 11.7. The lowest BCUT2D eigenvalue weighted by Gasteiger charge is -2.46. The molecule has 2 N–H and O–H groups in total. The van der Waals surface area contributed by atoms with Crippen molar-refractivity contribution in [3.63, 3.8) is 0 Å². The Morgan fingerprint density at radius 3 is 2.06 bits per heavy atom. The summed E-state index contributed by atoms with van der Waals surface area (Å²) in [5.74, 6) is 0.0310. The zero-order valence-electron chi connectivity index (χ0n) is 12.0. The summed E-state index contributed by atoms with van der Waals surface area (Å²) in [6, 6.07) is 0.254. The van der Waals surface area contributed by atoms with Crippen LogP contribution in [0.25, 0.3) is 0 Å². The molecule has 0 radical (unpaired) electrons. The molecule has 1 amide bonds. The molecule has 3 heteroatoms. The first-order chi connectivity index (χ1) is 7.60. The van der Waals surface area contributed by atoms with Crippen LogP contribution in [-0.2, 0) is 4.79 Å². The summed E-state index contributed by atoms with van der Waals surface area (Å²) in [4.78, 5) is 11.7. The van der Waals surface area contributed by atoms with Crippen LogP contribution < -0.4 is 10.6 Å². The minimum absolute atomic E-state index is 0.0310. The minimum Gasteiger partial charge on any atom is -0.350 e. The van der Waals surface area contributed by atoms with Gasteiger partial charge in [0.1, 0.15) is 0 Å². The molecule has 0 aromatic rings. The van der Waals surface area contributed by atoms with E-state index >= 15 is 0 Å². The van der Waals surface area contributed by atoms with Gasteiger partial charge in [0.05, 0.1) is 0 Å². The largest absolute Gasteiger partial charge is 0.350 e. The number of nitrogens with one attached hydrogen (secondary N) is 2. The fraction of sp³-hybridized carbons (Fsp3) is 0.786. The van der Waals surface area contributed by atoms with Gasteiger partial charge in [0, 0.05) is 23.2 Å². The Labute approximate surface area is 105 Å². The van der Waals surface area contributed by atoms with Crippen LogP contribution in [0.1, 0.15) is 54.4 Å². The lowest BCUT2D eigenvalue weighted by molar-refractivity contribution is -0.117. The van der Waals surface area contributed by atoms with Crippen molar-refractivity contribution in [1.29, 1.82) is 0 Å². The number of allylic oxidation sites excluding steroid dienone is 1. The van der Waals surface area contributed by atoms with Gasteiger partial charge in [0.15, 0.2) is 0 Å². The molecule has 0 saturated carbocycles. The van der Waals surface area contributed by atoms with Crippen LogP contribution in [0.15, 0.2) is 11.6 Å². The quantitative estimate of drug-likeness (QED) is 0.725. The Morgan fingerprint density at radius 1 is 1.18 bits per heavy atom. The Kier molecular flexibility index (Phi) is 4.03. The summed E-state index contributed by atoms with van der Waals surface area (Å²) in [6.07, 6.45) is 3.61. The highest BCUT2D eigenvalue weighted by atomic mass is 16.1. The average Bonchev–Trinajstić information content (AvgIpc) is 1.93. The van der Waals surface area contributed by atoms with Crippen LogP contribution in [0, 0.1) is 0 Å². The standard InChI is InChI=1S/C14H26N2O/c1-10(2)7-12(17)15-11-8-13(3,4)16-14(5,6)9-11/h7,11,16H,8-9H2,1-6H3,(H,15,17). The first-order valence-electron chi connectivity index (χ1n) is 6.34. The molecule has 1 fully saturated rings. The van der Waals surface area contributed by atoms with Crippen molar-refractivity contribution < 1.29 is 4.79 Å². The van der Waals surface area contributed by atoms with E-state index in [0.717, 1.165) is 18.4 Å². The number of rotatable bonds is 2. The average molecular weight is 238 g/mol. The second-order valence-electron chi connectivity index (χ2n) is 6.73. The molecule has 0 aromatic carbocycles. The fourth-order valence-corrected chi connectivity index (χ4v) is 2.93. The third kappa shape index (κ3) is 4.90. The normalized spacial score (nSPS) is 22.9. The Hall–Kier alpha value is -0.830. The predicted molar refractivity (Wildman–Crippen MR) is 71.9 cm³/mol. The molecule has 3 nitrogen and oxygen atoms in total. The molecule has 0 aromatic heterocycles. The molecule has 0 spiro atoms. The Balaban J connectivity index is 2.66. The van der Waals surface area contributed by atoms with E-state index in [1.54, 1.807) is 6.08 Å². The van der Waals surface area contributed by atoms with Gasteiger partial charge in [-0.05, 0) is 54.4 Å².